The van der Waals surface area contributed by atoms with E-state index >= 15 is 0 Å². The lowest BCUT2D eigenvalue weighted by Crippen LogP contribution is -2.47. The first-order valence-electron chi connectivity index (χ1n) is 5.23. The Labute approximate surface area is 112 Å². The number of sulfonamides is 1. The van der Waals surface area contributed by atoms with E-state index in [1.807, 2.05) is 0 Å². The first kappa shape index (κ1) is 14.4. The summed E-state index contributed by atoms with van der Waals surface area (Å²) in [6.07, 6.45) is -5.18. The summed E-state index contributed by atoms with van der Waals surface area (Å²) in [7, 11) is -4.34. The Morgan fingerprint density at radius 1 is 1.32 bits per heavy atom. The summed E-state index contributed by atoms with van der Waals surface area (Å²) in [6.45, 7) is 0. The molecular weight excluding hydrogens is 305 g/mol. The third-order valence-corrected chi connectivity index (χ3v) is 4.89. The lowest BCUT2D eigenvalue weighted by Gasteiger charge is -2.21. The van der Waals surface area contributed by atoms with Gasteiger partial charge in [0.1, 0.15) is 10.4 Å². The number of nitrogens with two attached hydrogens (primary N) is 1. The van der Waals surface area contributed by atoms with E-state index in [0.717, 1.165) is 6.07 Å². The molecule has 1 aromatic carbocycles. The molecule has 3 N–H and O–H groups in total. The van der Waals surface area contributed by atoms with Gasteiger partial charge in [0.2, 0.25) is 10.0 Å². The van der Waals surface area contributed by atoms with Crippen molar-refractivity contribution in [2.24, 2.45) is 0 Å². The maximum absolute atomic E-state index is 12.7. The summed E-state index contributed by atoms with van der Waals surface area (Å²) >= 11 is 5.70. The van der Waals surface area contributed by atoms with E-state index in [1.165, 1.54) is 12.1 Å². The molecule has 0 unspecified atom stereocenters. The highest BCUT2D eigenvalue weighted by Crippen LogP contribution is 2.49. The minimum Gasteiger partial charge on any atom is -0.399 e. The number of benzene rings is 1. The van der Waals surface area contributed by atoms with Crippen LogP contribution in [0.3, 0.4) is 0 Å². The van der Waals surface area contributed by atoms with Crippen LogP contribution in [0.2, 0.25) is 5.02 Å². The average molecular weight is 315 g/mol. The summed E-state index contributed by atoms with van der Waals surface area (Å²) in [4.78, 5) is -0.418. The van der Waals surface area contributed by atoms with Crippen molar-refractivity contribution >= 4 is 27.3 Å². The number of hydrogen-bond donors (Lipinski definition) is 2. The van der Waals surface area contributed by atoms with E-state index in [-0.39, 0.29) is 23.6 Å². The maximum atomic E-state index is 12.7. The average Bonchev–Trinajstić information content (AvgIpc) is 2.96. The molecule has 0 bridgehead atoms. The fourth-order valence-corrected chi connectivity index (χ4v) is 3.62. The Hall–Kier alpha value is -0.990. The van der Waals surface area contributed by atoms with Crippen LogP contribution in [0, 0.1) is 0 Å². The van der Waals surface area contributed by atoms with Crippen molar-refractivity contribution in [2.45, 2.75) is 29.5 Å². The highest BCUT2D eigenvalue weighted by Gasteiger charge is 2.65. The number of halogens is 4. The van der Waals surface area contributed by atoms with Crippen molar-refractivity contribution in [3.8, 4) is 0 Å². The first-order chi connectivity index (χ1) is 8.57. The van der Waals surface area contributed by atoms with Crippen LogP contribution < -0.4 is 10.5 Å². The van der Waals surface area contributed by atoms with Crippen LogP contribution in [-0.2, 0) is 10.0 Å². The Balaban J connectivity index is 2.34. The topological polar surface area (TPSA) is 72.2 Å². The number of hydrogen-bond acceptors (Lipinski definition) is 3. The first-order valence-corrected chi connectivity index (χ1v) is 7.09. The fraction of sp³-hybridized carbons (Fsp3) is 0.400. The minimum absolute atomic E-state index is 0.217. The number of nitrogens with one attached hydrogen (secondary N) is 1. The van der Waals surface area contributed by atoms with Crippen molar-refractivity contribution in [3.05, 3.63) is 23.2 Å². The molecule has 0 radical (unpaired) electrons. The van der Waals surface area contributed by atoms with Gasteiger partial charge in [0.15, 0.2) is 0 Å². The van der Waals surface area contributed by atoms with Gasteiger partial charge in [-0.3, -0.25) is 0 Å². The van der Waals surface area contributed by atoms with Crippen molar-refractivity contribution in [2.75, 3.05) is 5.73 Å². The summed E-state index contributed by atoms with van der Waals surface area (Å²) in [5, 5.41) is -0.217. The molecule has 1 fully saturated rings. The maximum Gasteiger partial charge on any atom is 0.407 e. The zero-order valence-corrected chi connectivity index (χ0v) is 11.0. The molecule has 1 aliphatic rings. The number of anilines is 1. The lowest BCUT2D eigenvalue weighted by molar-refractivity contribution is -0.160. The van der Waals surface area contributed by atoms with Gasteiger partial charge in [0.25, 0.3) is 0 Å². The number of nitrogen functional groups attached to an aromatic ring is 1. The lowest BCUT2D eigenvalue weighted by atomic mass is 10.3. The molecular formula is C10H10ClF3N2O2S. The third-order valence-electron chi connectivity index (χ3n) is 2.87. The molecule has 2 rings (SSSR count). The van der Waals surface area contributed by atoms with Gasteiger partial charge in [0, 0.05) is 5.69 Å². The molecule has 1 aromatic rings. The zero-order chi connectivity index (χ0) is 14.5. The van der Waals surface area contributed by atoms with Crippen LogP contribution in [-0.4, -0.2) is 20.1 Å². The van der Waals surface area contributed by atoms with Crippen LogP contribution in [0.5, 0.6) is 0 Å². The highest BCUT2D eigenvalue weighted by molar-refractivity contribution is 7.89. The smallest absolute Gasteiger partial charge is 0.399 e. The molecule has 1 aliphatic carbocycles. The van der Waals surface area contributed by atoms with E-state index in [2.05, 4.69) is 0 Å². The molecule has 0 saturated heterocycles. The van der Waals surface area contributed by atoms with Gasteiger partial charge in [0.05, 0.1) is 5.02 Å². The van der Waals surface area contributed by atoms with Crippen LogP contribution in [0.15, 0.2) is 23.1 Å². The number of alkyl halides is 3. The second-order valence-corrected chi connectivity index (χ2v) is 6.43. The van der Waals surface area contributed by atoms with Gasteiger partial charge in [-0.15, -0.1) is 0 Å². The van der Waals surface area contributed by atoms with E-state index in [4.69, 9.17) is 17.3 Å². The highest BCUT2D eigenvalue weighted by atomic mass is 35.5. The van der Waals surface area contributed by atoms with Crippen LogP contribution in [0.4, 0.5) is 18.9 Å². The fourth-order valence-electron chi connectivity index (χ4n) is 1.62. The Kier molecular flexibility index (Phi) is 3.23. The van der Waals surface area contributed by atoms with Crippen molar-refractivity contribution < 1.29 is 21.6 Å². The quantitative estimate of drug-likeness (QED) is 0.841. The molecule has 0 spiro atoms. The van der Waals surface area contributed by atoms with E-state index in [9.17, 15) is 21.6 Å². The molecule has 0 atom stereocenters. The standard InChI is InChI=1S/C10H10ClF3N2O2S/c11-7-5-6(15)1-2-8(7)19(17,18)16-9(3-4-9)10(12,13)14/h1-2,5,16H,3-4,15H2. The predicted octanol–water partition coefficient (Wildman–Crippen LogP) is 2.30. The van der Waals surface area contributed by atoms with E-state index in [1.54, 1.807) is 4.72 Å². The van der Waals surface area contributed by atoms with Crippen molar-refractivity contribution in [1.29, 1.82) is 0 Å². The molecule has 9 heteroatoms. The van der Waals surface area contributed by atoms with Gasteiger partial charge in [-0.05, 0) is 31.0 Å². The van der Waals surface area contributed by atoms with Gasteiger partial charge >= 0.3 is 6.18 Å². The Morgan fingerprint density at radius 2 is 1.89 bits per heavy atom. The molecule has 0 aliphatic heterocycles. The summed E-state index contributed by atoms with van der Waals surface area (Å²) < 4.78 is 63.7. The van der Waals surface area contributed by atoms with Crippen molar-refractivity contribution in [3.63, 3.8) is 0 Å². The monoisotopic (exact) mass is 314 g/mol. The predicted molar refractivity (Wildman–Crippen MR) is 64.2 cm³/mol. The van der Waals surface area contributed by atoms with Crippen LogP contribution in [0.25, 0.3) is 0 Å². The minimum atomic E-state index is -4.62. The Bertz CT molecular complexity index is 612. The second-order valence-electron chi connectivity index (χ2n) is 4.38. The third kappa shape index (κ3) is 2.65. The molecule has 0 aromatic heterocycles. The van der Waals surface area contributed by atoms with Crippen LogP contribution in [0.1, 0.15) is 12.8 Å². The number of rotatable bonds is 3. The second kappa shape index (κ2) is 4.26. The summed E-state index contributed by atoms with van der Waals surface area (Å²) in [5.74, 6) is 0. The van der Waals surface area contributed by atoms with Crippen LogP contribution >= 0.6 is 11.6 Å². The summed E-state index contributed by atoms with van der Waals surface area (Å²) in [5.41, 5.74) is 3.26. The molecule has 106 valence electrons. The molecule has 1 saturated carbocycles. The van der Waals surface area contributed by atoms with Crippen molar-refractivity contribution in [1.82, 2.24) is 4.72 Å². The SMILES string of the molecule is Nc1ccc(S(=O)(=O)NC2(C(F)(F)F)CC2)c(Cl)c1. The largest absolute Gasteiger partial charge is 0.407 e. The normalized spacial score (nSPS) is 18.3. The van der Waals surface area contributed by atoms with Gasteiger partial charge < -0.3 is 5.73 Å². The van der Waals surface area contributed by atoms with Gasteiger partial charge in [-0.25, -0.2) is 8.42 Å². The molecule has 4 nitrogen and oxygen atoms in total. The van der Waals surface area contributed by atoms with Gasteiger partial charge in [-0.1, -0.05) is 11.6 Å². The zero-order valence-electron chi connectivity index (χ0n) is 9.46. The molecule has 0 amide bonds. The Morgan fingerprint density at radius 3 is 2.32 bits per heavy atom. The molecule has 19 heavy (non-hydrogen) atoms. The van der Waals surface area contributed by atoms with Gasteiger partial charge in [-0.2, -0.15) is 17.9 Å². The molecule has 0 heterocycles. The van der Waals surface area contributed by atoms with E-state index < -0.39 is 26.6 Å². The summed E-state index contributed by atoms with van der Waals surface area (Å²) in [6, 6.07) is 3.50. The van der Waals surface area contributed by atoms with E-state index in [0.29, 0.717) is 0 Å².